The molecular formula is C19H41NO3S. The molecule has 0 spiro atoms. The zero-order valence-corrected chi connectivity index (χ0v) is 17.4. The van der Waals surface area contributed by atoms with E-state index >= 15 is 0 Å². The summed E-state index contributed by atoms with van der Waals surface area (Å²) in [6.07, 6.45) is 14.0. The predicted molar refractivity (Wildman–Crippen MR) is 102 cm³/mol. The third kappa shape index (κ3) is 15.4. The van der Waals surface area contributed by atoms with E-state index in [4.69, 9.17) is 0 Å². The Morgan fingerprint density at radius 1 is 0.833 bits per heavy atom. The topological polar surface area (TPSA) is 57.2 Å². The molecule has 0 bridgehead atoms. The highest BCUT2D eigenvalue weighted by atomic mass is 32.2. The minimum Gasteiger partial charge on any atom is -0.748 e. The highest BCUT2D eigenvalue weighted by Crippen LogP contribution is 2.15. The Kier molecular flexibility index (Phi) is 13.1. The van der Waals surface area contributed by atoms with Gasteiger partial charge in [0.2, 0.25) is 0 Å². The van der Waals surface area contributed by atoms with Gasteiger partial charge in [0.25, 0.3) is 0 Å². The van der Waals surface area contributed by atoms with E-state index in [9.17, 15) is 13.0 Å². The maximum absolute atomic E-state index is 11.0. The van der Waals surface area contributed by atoms with Crippen molar-refractivity contribution in [2.45, 2.75) is 84.5 Å². The summed E-state index contributed by atoms with van der Waals surface area (Å²) in [5, 5.41) is 0. The van der Waals surface area contributed by atoms with Crippen LogP contribution in [0.4, 0.5) is 0 Å². The molecule has 0 amide bonds. The van der Waals surface area contributed by atoms with E-state index in [1.807, 2.05) is 6.92 Å². The number of quaternary nitrogens is 1. The first kappa shape index (κ1) is 23.9. The molecule has 0 fully saturated rings. The van der Waals surface area contributed by atoms with Crippen molar-refractivity contribution in [3.05, 3.63) is 0 Å². The lowest BCUT2D eigenvalue weighted by atomic mass is 10.1. The molecule has 24 heavy (non-hydrogen) atoms. The van der Waals surface area contributed by atoms with Gasteiger partial charge in [0.1, 0.15) is 0 Å². The van der Waals surface area contributed by atoms with Crippen LogP contribution in [0.15, 0.2) is 0 Å². The molecule has 1 atom stereocenters. The van der Waals surface area contributed by atoms with Crippen LogP contribution in [0.25, 0.3) is 0 Å². The minimum atomic E-state index is -4.11. The quantitative estimate of drug-likeness (QED) is 0.229. The lowest BCUT2D eigenvalue weighted by Gasteiger charge is -2.33. The second-order valence-electron chi connectivity index (χ2n) is 8.02. The van der Waals surface area contributed by atoms with Gasteiger partial charge < -0.3 is 9.04 Å². The largest absolute Gasteiger partial charge is 0.748 e. The second-order valence-corrected chi connectivity index (χ2v) is 9.47. The van der Waals surface area contributed by atoms with Crippen LogP contribution in [0.2, 0.25) is 0 Å². The third-order valence-electron chi connectivity index (χ3n) is 4.89. The Hall–Kier alpha value is -0.130. The van der Waals surface area contributed by atoms with Gasteiger partial charge >= 0.3 is 0 Å². The van der Waals surface area contributed by atoms with E-state index in [0.29, 0.717) is 0 Å². The number of rotatable bonds is 16. The summed E-state index contributed by atoms with van der Waals surface area (Å²) in [5.41, 5.74) is 0. The molecule has 0 aliphatic rings. The summed E-state index contributed by atoms with van der Waals surface area (Å²) >= 11 is 0. The zero-order valence-electron chi connectivity index (χ0n) is 16.6. The number of unbranched alkanes of at least 4 members (excludes halogenated alkanes) is 9. The average molecular weight is 364 g/mol. The van der Waals surface area contributed by atoms with Crippen LogP contribution < -0.4 is 0 Å². The van der Waals surface area contributed by atoms with Crippen molar-refractivity contribution >= 4 is 10.1 Å². The molecule has 0 N–H and O–H groups in total. The molecule has 0 saturated carbocycles. The lowest BCUT2D eigenvalue weighted by molar-refractivity contribution is -0.893. The Balaban J connectivity index is 3.76. The maximum atomic E-state index is 11.0. The van der Waals surface area contributed by atoms with Crippen molar-refractivity contribution in [1.29, 1.82) is 0 Å². The molecule has 0 aromatic carbocycles. The summed E-state index contributed by atoms with van der Waals surface area (Å²) in [4.78, 5) is 0. The Morgan fingerprint density at radius 2 is 1.29 bits per heavy atom. The number of hydrogen-bond acceptors (Lipinski definition) is 3. The van der Waals surface area contributed by atoms with E-state index in [1.54, 1.807) is 0 Å². The van der Waals surface area contributed by atoms with E-state index in [-0.39, 0.29) is 11.7 Å². The van der Waals surface area contributed by atoms with Crippen molar-refractivity contribution in [1.82, 2.24) is 0 Å². The van der Waals surface area contributed by atoms with Crippen molar-refractivity contribution in [2.75, 3.05) is 32.9 Å². The first-order valence-corrected chi connectivity index (χ1v) is 11.5. The highest BCUT2D eigenvalue weighted by Gasteiger charge is 2.22. The first-order chi connectivity index (χ1) is 11.2. The van der Waals surface area contributed by atoms with Crippen molar-refractivity contribution in [2.24, 2.45) is 5.92 Å². The number of nitrogens with zero attached hydrogens (tertiary/aromatic N) is 1. The molecule has 0 radical (unpaired) electrons. The van der Waals surface area contributed by atoms with E-state index < -0.39 is 10.1 Å². The monoisotopic (exact) mass is 363 g/mol. The molecule has 0 aromatic heterocycles. The second kappa shape index (κ2) is 13.1. The molecule has 4 nitrogen and oxygen atoms in total. The van der Waals surface area contributed by atoms with Gasteiger partial charge in [-0.15, -0.1) is 0 Å². The fourth-order valence-corrected chi connectivity index (χ4v) is 4.32. The molecular weight excluding hydrogens is 322 g/mol. The lowest BCUT2D eigenvalue weighted by Crippen LogP contribution is -2.45. The van der Waals surface area contributed by atoms with Gasteiger partial charge in [-0.05, 0) is 19.3 Å². The molecule has 0 heterocycles. The Morgan fingerprint density at radius 3 is 1.71 bits per heavy atom. The molecule has 0 aromatic rings. The highest BCUT2D eigenvalue weighted by molar-refractivity contribution is 7.85. The van der Waals surface area contributed by atoms with Gasteiger partial charge in [0.05, 0.1) is 37.3 Å². The summed E-state index contributed by atoms with van der Waals surface area (Å²) in [6.45, 7) is 6.06. The molecule has 5 heteroatoms. The van der Waals surface area contributed by atoms with Gasteiger partial charge in [-0.3, -0.25) is 0 Å². The Labute approximate surface area is 151 Å². The summed E-state index contributed by atoms with van der Waals surface area (Å²) in [7, 11) is 0.181. The van der Waals surface area contributed by atoms with Crippen molar-refractivity contribution in [3.63, 3.8) is 0 Å². The van der Waals surface area contributed by atoms with Gasteiger partial charge in [-0.25, -0.2) is 8.42 Å². The smallest absolute Gasteiger partial charge is 0.0950 e. The van der Waals surface area contributed by atoms with E-state index in [2.05, 4.69) is 21.0 Å². The summed E-state index contributed by atoms with van der Waals surface area (Å²) in [5.74, 6) is -0.242. The van der Waals surface area contributed by atoms with Crippen molar-refractivity contribution < 1.29 is 17.5 Å². The average Bonchev–Trinajstić information content (AvgIpc) is 2.46. The van der Waals surface area contributed by atoms with Crippen LogP contribution >= 0.6 is 0 Å². The molecule has 0 rings (SSSR count). The molecule has 0 aliphatic carbocycles. The molecule has 0 aliphatic heterocycles. The minimum absolute atomic E-state index is 0.0226. The molecule has 1 unspecified atom stereocenters. The third-order valence-corrected chi connectivity index (χ3v) is 5.77. The number of hydrogen-bond donors (Lipinski definition) is 0. The standard InChI is InChI=1S/C19H41NO3S/c1-5-7-8-9-10-11-12-13-14-15-16-20(3,4)17-19(6-2)18-24(21,22)23/h19H,5-18H2,1-4H3. The van der Waals surface area contributed by atoms with Crippen LogP contribution in [-0.2, 0) is 10.1 Å². The van der Waals surface area contributed by atoms with Crippen molar-refractivity contribution in [3.8, 4) is 0 Å². The van der Waals surface area contributed by atoms with E-state index in [1.165, 1.54) is 64.2 Å². The fourth-order valence-electron chi connectivity index (χ4n) is 3.41. The molecule has 0 saturated heterocycles. The van der Waals surface area contributed by atoms with Gasteiger partial charge in [0, 0.05) is 11.7 Å². The van der Waals surface area contributed by atoms with Gasteiger partial charge in [0.15, 0.2) is 0 Å². The Bertz CT molecular complexity index is 393. The normalized spacial score (nSPS) is 14.0. The summed E-state index contributed by atoms with van der Waals surface area (Å²) < 4.78 is 33.7. The van der Waals surface area contributed by atoms with Gasteiger partial charge in [-0.1, -0.05) is 65.2 Å². The van der Waals surface area contributed by atoms with Crippen LogP contribution in [0, 0.1) is 5.92 Å². The SMILES string of the molecule is CCCCCCCCCCCC[N+](C)(C)CC(CC)CS(=O)(=O)[O-]. The first-order valence-electron chi connectivity index (χ1n) is 9.95. The van der Waals surface area contributed by atoms with Crippen LogP contribution in [-0.4, -0.2) is 50.4 Å². The molecule has 146 valence electrons. The maximum Gasteiger partial charge on any atom is 0.0950 e. The fraction of sp³-hybridized carbons (Fsp3) is 1.00. The van der Waals surface area contributed by atoms with Crippen LogP contribution in [0.5, 0.6) is 0 Å². The van der Waals surface area contributed by atoms with Gasteiger partial charge in [-0.2, -0.15) is 0 Å². The van der Waals surface area contributed by atoms with E-state index in [0.717, 1.165) is 24.0 Å². The zero-order chi connectivity index (χ0) is 18.5. The van der Waals surface area contributed by atoms with Crippen LogP contribution in [0.1, 0.15) is 84.5 Å². The van der Waals surface area contributed by atoms with Crippen LogP contribution in [0.3, 0.4) is 0 Å². The summed E-state index contributed by atoms with van der Waals surface area (Å²) in [6, 6.07) is 0. The predicted octanol–water partition coefficient (Wildman–Crippen LogP) is 4.56.